The number of hydrogen-bond acceptors (Lipinski definition) is 4. The number of aryl methyl sites for hydroxylation is 2. The lowest BCUT2D eigenvalue weighted by molar-refractivity contribution is -0.0504. The molecule has 0 spiro atoms. The van der Waals surface area contributed by atoms with Crippen molar-refractivity contribution in [3.05, 3.63) is 41.2 Å². The summed E-state index contributed by atoms with van der Waals surface area (Å²) < 4.78 is 37.3. The summed E-state index contributed by atoms with van der Waals surface area (Å²) in [5, 5.41) is 7.53. The van der Waals surface area contributed by atoms with Crippen molar-refractivity contribution in [1.82, 2.24) is 9.78 Å². The van der Waals surface area contributed by atoms with Crippen LogP contribution in [0.4, 0.5) is 14.5 Å². The van der Waals surface area contributed by atoms with Crippen molar-refractivity contribution < 1.29 is 18.3 Å². The van der Waals surface area contributed by atoms with Gasteiger partial charge in [0.1, 0.15) is 5.75 Å². The molecule has 1 saturated heterocycles. The predicted molar refractivity (Wildman–Crippen MR) is 91.1 cm³/mol. The monoisotopic (exact) mass is 351 g/mol. The van der Waals surface area contributed by atoms with E-state index in [0.717, 1.165) is 42.8 Å². The zero-order valence-corrected chi connectivity index (χ0v) is 14.5. The first kappa shape index (κ1) is 17.7. The highest BCUT2D eigenvalue weighted by Crippen LogP contribution is 2.26. The first-order chi connectivity index (χ1) is 12.0. The number of halogens is 2. The van der Waals surface area contributed by atoms with Crippen molar-refractivity contribution in [2.75, 3.05) is 11.9 Å². The number of ether oxygens (including phenoxy) is 2. The third-order valence-electron chi connectivity index (χ3n) is 4.42. The van der Waals surface area contributed by atoms with E-state index in [1.807, 2.05) is 30.8 Å². The van der Waals surface area contributed by atoms with Crippen LogP contribution >= 0.6 is 0 Å². The molecule has 0 radical (unpaired) electrons. The van der Waals surface area contributed by atoms with Crippen LogP contribution < -0.4 is 10.1 Å². The fraction of sp³-hybridized carbons (Fsp3) is 0.500. The first-order valence-corrected chi connectivity index (χ1v) is 8.44. The van der Waals surface area contributed by atoms with Crippen LogP contribution in [0.2, 0.25) is 0 Å². The summed E-state index contributed by atoms with van der Waals surface area (Å²) in [6, 6.07) is 3.52. The molecule has 5 nitrogen and oxygen atoms in total. The summed E-state index contributed by atoms with van der Waals surface area (Å²) in [4.78, 5) is 0. The van der Waals surface area contributed by atoms with E-state index in [2.05, 4.69) is 15.2 Å². The molecule has 25 heavy (non-hydrogen) atoms. The van der Waals surface area contributed by atoms with Crippen molar-refractivity contribution in [2.24, 2.45) is 0 Å². The van der Waals surface area contributed by atoms with Gasteiger partial charge >= 0.3 is 6.61 Å². The average molecular weight is 351 g/mol. The second-order valence-corrected chi connectivity index (χ2v) is 6.36. The predicted octanol–water partition coefficient (Wildman–Crippen LogP) is 3.89. The van der Waals surface area contributed by atoms with Crippen molar-refractivity contribution in [1.29, 1.82) is 0 Å². The Morgan fingerprint density at radius 1 is 1.36 bits per heavy atom. The Hall–Kier alpha value is -2.15. The number of alkyl halides is 2. The van der Waals surface area contributed by atoms with Crippen LogP contribution in [0.3, 0.4) is 0 Å². The molecule has 0 saturated carbocycles. The molecule has 2 aromatic rings. The highest BCUT2D eigenvalue weighted by molar-refractivity contribution is 5.45. The topological polar surface area (TPSA) is 48.3 Å². The Kier molecular flexibility index (Phi) is 5.53. The molecular weight excluding hydrogens is 328 g/mol. The van der Waals surface area contributed by atoms with E-state index in [0.29, 0.717) is 12.1 Å². The van der Waals surface area contributed by atoms with Gasteiger partial charge in [-0.2, -0.15) is 13.9 Å². The van der Waals surface area contributed by atoms with Crippen LogP contribution in [0.5, 0.6) is 5.75 Å². The van der Waals surface area contributed by atoms with Gasteiger partial charge < -0.3 is 14.8 Å². The summed E-state index contributed by atoms with van der Waals surface area (Å²) >= 11 is 0. The van der Waals surface area contributed by atoms with E-state index >= 15 is 0 Å². The Morgan fingerprint density at radius 2 is 2.16 bits per heavy atom. The van der Waals surface area contributed by atoms with Gasteiger partial charge in [0.05, 0.1) is 24.5 Å². The van der Waals surface area contributed by atoms with Crippen molar-refractivity contribution in [3.63, 3.8) is 0 Å². The van der Waals surface area contributed by atoms with Gasteiger partial charge in [-0.3, -0.25) is 4.68 Å². The second-order valence-electron chi connectivity index (χ2n) is 6.36. The highest BCUT2D eigenvalue weighted by Gasteiger charge is 2.16. The molecule has 7 heteroatoms. The van der Waals surface area contributed by atoms with Crippen LogP contribution in [0, 0.1) is 13.8 Å². The third-order valence-corrected chi connectivity index (χ3v) is 4.42. The molecule has 0 aliphatic carbocycles. The van der Waals surface area contributed by atoms with Gasteiger partial charge in [0.15, 0.2) is 0 Å². The van der Waals surface area contributed by atoms with E-state index in [9.17, 15) is 8.78 Å². The van der Waals surface area contributed by atoms with Crippen molar-refractivity contribution in [2.45, 2.75) is 52.5 Å². The van der Waals surface area contributed by atoms with E-state index in [4.69, 9.17) is 4.74 Å². The molecule has 136 valence electrons. The standard InChI is InChI=1S/C18H23F2N3O2/c1-12-6-14(17(7-13(12)2)25-18(19)20)8-21-15-9-22-23(10-15)11-16-4-3-5-24-16/h6-7,9-10,16,18,21H,3-5,8,11H2,1-2H3/t16-/m0/s1. The molecule has 1 aliphatic rings. The number of aromatic nitrogens is 2. The number of hydrogen-bond donors (Lipinski definition) is 1. The summed E-state index contributed by atoms with van der Waals surface area (Å²) in [5.74, 6) is 0.206. The molecule has 1 aromatic heterocycles. The van der Waals surface area contributed by atoms with E-state index < -0.39 is 6.61 Å². The van der Waals surface area contributed by atoms with Gasteiger partial charge in [0.2, 0.25) is 0 Å². The third kappa shape index (κ3) is 4.69. The number of benzene rings is 1. The summed E-state index contributed by atoms with van der Waals surface area (Å²) in [6.45, 7) is 2.91. The number of nitrogens with zero attached hydrogens (tertiary/aromatic N) is 2. The van der Waals surface area contributed by atoms with Gasteiger partial charge in [-0.15, -0.1) is 0 Å². The lowest BCUT2D eigenvalue weighted by atomic mass is 10.0. The molecule has 0 unspecified atom stereocenters. The smallest absolute Gasteiger partial charge is 0.387 e. The zero-order valence-electron chi connectivity index (χ0n) is 14.5. The SMILES string of the molecule is Cc1cc(CNc2cnn(C[C@@H]3CCCO3)c2)c(OC(F)F)cc1C. The quantitative estimate of drug-likeness (QED) is 0.822. The Balaban J connectivity index is 1.64. The maximum absolute atomic E-state index is 12.6. The van der Waals surface area contributed by atoms with Gasteiger partial charge in [0.25, 0.3) is 0 Å². The van der Waals surface area contributed by atoms with Crippen LogP contribution in [-0.4, -0.2) is 29.1 Å². The van der Waals surface area contributed by atoms with E-state index in [1.54, 1.807) is 12.3 Å². The normalized spacial score (nSPS) is 17.2. The van der Waals surface area contributed by atoms with Gasteiger partial charge in [-0.05, 0) is 43.9 Å². The van der Waals surface area contributed by atoms with E-state index in [1.165, 1.54) is 0 Å². The van der Waals surface area contributed by atoms with Crippen LogP contribution in [-0.2, 0) is 17.8 Å². The fourth-order valence-electron chi connectivity index (χ4n) is 2.94. The van der Waals surface area contributed by atoms with Crippen LogP contribution in [0.25, 0.3) is 0 Å². The summed E-state index contributed by atoms with van der Waals surface area (Å²) in [5.41, 5.74) is 3.48. The average Bonchev–Trinajstić information content (AvgIpc) is 3.21. The van der Waals surface area contributed by atoms with Gasteiger partial charge in [-0.1, -0.05) is 6.07 Å². The molecule has 3 rings (SSSR count). The Labute approximate surface area is 145 Å². The lowest BCUT2D eigenvalue weighted by Gasteiger charge is -2.14. The minimum atomic E-state index is -2.84. The minimum Gasteiger partial charge on any atom is -0.434 e. The number of rotatable bonds is 7. The molecule has 0 amide bonds. The van der Waals surface area contributed by atoms with E-state index in [-0.39, 0.29) is 11.9 Å². The molecule has 1 aliphatic heterocycles. The maximum atomic E-state index is 12.6. The molecule has 1 fully saturated rings. The molecule has 2 heterocycles. The molecule has 1 N–H and O–H groups in total. The van der Waals surface area contributed by atoms with Gasteiger partial charge in [0, 0.05) is 24.9 Å². The molecule has 1 aromatic carbocycles. The fourth-order valence-corrected chi connectivity index (χ4v) is 2.94. The minimum absolute atomic E-state index is 0.206. The summed E-state index contributed by atoms with van der Waals surface area (Å²) in [6.07, 6.45) is 6.00. The van der Waals surface area contributed by atoms with Crippen LogP contribution in [0.15, 0.2) is 24.5 Å². The molecular formula is C18H23F2N3O2. The number of anilines is 1. The largest absolute Gasteiger partial charge is 0.434 e. The maximum Gasteiger partial charge on any atom is 0.387 e. The number of nitrogens with one attached hydrogen (secondary N) is 1. The zero-order chi connectivity index (χ0) is 17.8. The van der Waals surface area contributed by atoms with Crippen molar-refractivity contribution in [3.8, 4) is 5.75 Å². The lowest BCUT2D eigenvalue weighted by Crippen LogP contribution is -2.15. The molecule has 1 atom stereocenters. The van der Waals surface area contributed by atoms with Crippen molar-refractivity contribution >= 4 is 5.69 Å². The highest BCUT2D eigenvalue weighted by atomic mass is 19.3. The second kappa shape index (κ2) is 7.82. The summed E-state index contributed by atoms with van der Waals surface area (Å²) in [7, 11) is 0. The van der Waals surface area contributed by atoms with Crippen LogP contribution in [0.1, 0.15) is 29.5 Å². The molecule has 0 bridgehead atoms. The Morgan fingerprint density at radius 3 is 2.88 bits per heavy atom. The Bertz CT molecular complexity index is 712. The first-order valence-electron chi connectivity index (χ1n) is 8.44. The van der Waals surface area contributed by atoms with Gasteiger partial charge in [-0.25, -0.2) is 0 Å².